The van der Waals surface area contributed by atoms with Gasteiger partial charge in [0.25, 0.3) is 0 Å². The standard InChI is InChI=1S/C20H17BrN2O2S/c1-12-16(21)5-4-15-14(10-26-20(12)15)8-23-17-7-13(3-6-18(17)24-2)19-9-22-11-25-19/h3-7,9-11,23H,8H2,1-2H3. The van der Waals surface area contributed by atoms with Gasteiger partial charge in [0, 0.05) is 21.3 Å². The zero-order chi connectivity index (χ0) is 18.1. The molecular weight excluding hydrogens is 412 g/mol. The zero-order valence-electron chi connectivity index (χ0n) is 14.4. The summed E-state index contributed by atoms with van der Waals surface area (Å²) in [7, 11) is 1.68. The molecule has 2 heterocycles. The predicted molar refractivity (Wildman–Crippen MR) is 110 cm³/mol. The first-order valence-electron chi connectivity index (χ1n) is 8.13. The van der Waals surface area contributed by atoms with Gasteiger partial charge in [-0.3, -0.25) is 0 Å². The number of ether oxygens (including phenoxy) is 1. The van der Waals surface area contributed by atoms with Crippen molar-refractivity contribution in [3.8, 4) is 17.1 Å². The smallest absolute Gasteiger partial charge is 0.181 e. The molecule has 26 heavy (non-hydrogen) atoms. The maximum Gasteiger partial charge on any atom is 0.181 e. The fourth-order valence-electron chi connectivity index (χ4n) is 2.95. The highest BCUT2D eigenvalue weighted by Gasteiger charge is 2.11. The van der Waals surface area contributed by atoms with Crippen LogP contribution in [-0.4, -0.2) is 12.1 Å². The predicted octanol–water partition coefficient (Wildman–Crippen LogP) is 6.25. The SMILES string of the molecule is COc1ccc(-c2cnco2)cc1NCc1csc2c(C)c(Br)ccc12. The number of thiophene rings is 1. The molecule has 2 aromatic carbocycles. The van der Waals surface area contributed by atoms with E-state index in [0.717, 1.165) is 33.8 Å². The maximum atomic E-state index is 5.50. The minimum Gasteiger partial charge on any atom is -0.495 e. The fourth-order valence-corrected chi connectivity index (χ4v) is 4.50. The van der Waals surface area contributed by atoms with Crippen molar-refractivity contribution in [1.29, 1.82) is 0 Å². The maximum absolute atomic E-state index is 5.50. The van der Waals surface area contributed by atoms with Gasteiger partial charge in [0.15, 0.2) is 12.2 Å². The van der Waals surface area contributed by atoms with Crippen LogP contribution in [0.2, 0.25) is 0 Å². The summed E-state index contributed by atoms with van der Waals surface area (Å²) in [5.74, 6) is 1.53. The van der Waals surface area contributed by atoms with E-state index in [4.69, 9.17) is 9.15 Å². The van der Waals surface area contributed by atoms with Gasteiger partial charge in [0.05, 0.1) is 19.0 Å². The van der Waals surface area contributed by atoms with Gasteiger partial charge in [-0.1, -0.05) is 22.0 Å². The molecule has 1 N–H and O–H groups in total. The van der Waals surface area contributed by atoms with Gasteiger partial charge in [-0.15, -0.1) is 11.3 Å². The van der Waals surface area contributed by atoms with Crippen molar-refractivity contribution in [2.24, 2.45) is 0 Å². The van der Waals surface area contributed by atoms with Gasteiger partial charge in [-0.25, -0.2) is 4.98 Å². The van der Waals surface area contributed by atoms with Gasteiger partial charge in [0.2, 0.25) is 0 Å². The van der Waals surface area contributed by atoms with Crippen molar-refractivity contribution in [3.63, 3.8) is 0 Å². The summed E-state index contributed by atoms with van der Waals surface area (Å²) >= 11 is 5.38. The third kappa shape index (κ3) is 3.10. The zero-order valence-corrected chi connectivity index (χ0v) is 16.8. The molecule has 2 aromatic heterocycles. The quantitative estimate of drug-likeness (QED) is 0.408. The molecule has 4 aromatic rings. The summed E-state index contributed by atoms with van der Waals surface area (Å²) in [5.41, 5.74) is 4.44. The average Bonchev–Trinajstić information content (AvgIpc) is 3.33. The first kappa shape index (κ1) is 17.1. The van der Waals surface area contributed by atoms with Crippen molar-refractivity contribution in [3.05, 3.63) is 63.9 Å². The number of fused-ring (bicyclic) bond motifs is 1. The normalized spacial score (nSPS) is 11.0. The number of anilines is 1. The number of aromatic nitrogens is 1. The second-order valence-corrected chi connectivity index (χ2v) is 7.68. The number of benzene rings is 2. The molecule has 0 aliphatic rings. The van der Waals surface area contributed by atoms with Crippen molar-refractivity contribution in [1.82, 2.24) is 4.98 Å². The van der Waals surface area contributed by atoms with Crippen LogP contribution in [0.3, 0.4) is 0 Å². The summed E-state index contributed by atoms with van der Waals surface area (Å²) in [5, 5.41) is 7.00. The molecule has 0 atom stereocenters. The summed E-state index contributed by atoms with van der Waals surface area (Å²) in [6.45, 7) is 2.86. The molecule has 4 nitrogen and oxygen atoms in total. The van der Waals surface area contributed by atoms with E-state index in [9.17, 15) is 0 Å². The minimum atomic E-state index is 0.720. The Morgan fingerprint density at radius 3 is 2.92 bits per heavy atom. The first-order chi connectivity index (χ1) is 12.7. The number of methoxy groups -OCH3 is 1. The van der Waals surface area contributed by atoms with E-state index >= 15 is 0 Å². The molecule has 0 aliphatic carbocycles. The van der Waals surface area contributed by atoms with Crippen molar-refractivity contribution in [2.75, 3.05) is 12.4 Å². The summed E-state index contributed by atoms with van der Waals surface area (Å²) < 4.78 is 13.4. The summed E-state index contributed by atoms with van der Waals surface area (Å²) in [4.78, 5) is 3.99. The summed E-state index contributed by atoms with van der Waals surface area (Å²) in [6, 6.07) is 10.2. The second kappa shape index (κ2) is 7.13. The van der Waals surface area contributed by atoms with E-state index in [-0.39, 0.29) is 0 Å². The van der Waals surface area contributed by atoms with Crippen LogP contribution in [0, 0.1) is 6.92 Å². The third-order valence-corrected chi connectivity index (χ3v) is 6.41. The lowest BCUT2D eigenvalue weighted by atomic mass is 10.1. The first-order valence-corrected chi connectivity index (χ1v) is 9.80. The van der Waals surface area contributed by atoms with Gasteiger partial charge >= 0.3 is 0 Å². The van der Waals surface area contributed by atoms with E-state index in [1.54, 1.807) is 24.6 Å². The van der Waals surface area contributed by atoms with Crippen LogP contribution in [-0.2, 0) is 6.54 Å². The molecule has 0 saturated heterocycles. The van der Waals surface area contributed by atoms with Crippen LogP contribution in [0.25, 0.3) is 21.4 Å². The molecule has 132 valence electrons. The van der Waals surface area contributed by atoms with E-state index in [1.807, 2.05) is 18.2 Å². The van der Waals surface area contributed by atoms with Crippen molar-refractivity contribution in [2.45, 2.75) is 13.5 Å². The number of nitrogens with one attached hydrogen (secondary N) is 1. The highest BCUT2D eigenvalue weighted by Crippen LogP contribution is 2.35. The Morgan fingerprint density at radius 2 is 2.15 bits per heavy atom. The molecule has 0 bridgehead atoms. The number of hydrogen-bond donors (Lipinski definition) is 1. The van der Waals surface area contributed by atoms with E-state index in [0.29, 0.717) is 0 Å². The number of halogens is 1. The Hall–Kier alpha value is -2.31. The summed E-state index contributed by atoms with van der Waals surface area (Å²) in [6.07, 6.45) is 3.14. The van der Waals surface area contributed by atoms with Crippen LogP contribution in [0.4, 0.5) is 5.69 Å². The molecular formula is C20H17BrN2O2S. The minimum absolute atomic E-state index is 0.720. The Bertz CT molecular complexity index is 1060. The number of nitrogens with zero attached hydrogens (tertiary/aromatic N) is 1. The van der Waals surface area contributed by atoms with Crippen LogP contribution >= 0.6 is 27.3 Å². The number of oxazole rings is 1. The molecule has 0 saturated carbocycles. The lowest BCUT2D eigenvalue weighted by Crippen LogP contribution is -2.01. The molecule has 4 rings (SSSR count). The molecule has 0 spiro atoms. The number of aryl methyl sites for hydroxylation is 1. The number of rotatable bonds is 5. The fraction of sp³-hybridized carbons (Fsp3) is 0.150. The Kier molecular flexibility index (Phi) is 4.70. The second-order valence-electron chi connectivity index (χ2n) is 5.94. The highest BCUT2D eigenvalue weighted by molar-refractivity contribution is 9.10. The van der Waals surface area contributed by atoms with E-state index < -0.39 is 0 Å². The van der Waals surface area contributed by atoms with E-state index in [1.165, 1.54) is 27.6 Å². The molecule has 0 fully saturated rings. The Labute approximate surface area is 164 Å². The monoisotopic (exact) mass is 428 g/mol. The Morgan fingerprint density at radius 1 is 1.27 bits per heavy atom. The molecule has 0 radical (unpaired) electrons. The van der Waals surface area contributed by atoms with Crippen LogP contribution in [0.1, 0.15) is 11.1 Å². The average molecular weight is 429 g/mol. The lowest BCUT2D eigenvalue weighted by molar-refractivity contribution is 0.416. The lowest BCUT2D eigenvalue weighted by Gasteiger charge is -2.12. The third-order valence-electron chi connectivity index (χ3n) is 4.39. The van der Waals surface area contributed by atoms with Gasteiger partial charge in [0.1, 0.15) is 5.75 Å². The van der Waals surface area contributed by atoms with Crippen molar-refractivity contribution < 1.29 is 9.15 Å². The van der Waals surface area contributed by atoms with E-state index in [2.05, 4.69) is 50.7 Å². The highest BCUT2D eigenvalue weighted by atomic mass is 79.9. The van der Waals surface area contributed by atoms with Crippen LogP contribution in [0.15, 0.2) is 57.2 Å². The van der Waals surface area contributed by atoms with Gasteiger partial charge in [-0.05, 0) is 53.1 Å². The molecule has 0 aliphatic heterocycles. The number of hydrogen-bond acceptors (Lipinski definition) is 5. The Balaban J connectivity index is 1.63. The topological polar surface area (TPSA) is 47.3 Å². The molecule has 0 amide bonds. The molecule has 6 heteroatoms. The van der Waals surface area contributed by atoms with Crippen molar-refractivity contribution >= 4 is 43.0 Å². The van der Waals surface area contributed by atoms with Gasteiger partial charge < -0.3 is 14.5 Å². The molecule has 0 unspecified atom stereocenters. The van der Waals surface area contributed by atoms with Crippen LogP contribution in [0.5, 0.6) is 5.75 Å². The largest absolute Gasteiger partial charge is 0.495 e. The van der Waals surface area contributed by atoms with Gasteiger partial charge in [-0.2, -0.15) is 0 Å². The van der Waals surface area contributed by atoms with Crippen LogP contribution < -0.4 is 10.1 Å².